The van der Waals surface area contributed by atoms with Crippen LogP contribution in [0.15, 0.2) is 48.5 Å². The van der Waals surface area contributed by atoms with Crippen LogP contribution in [0.4, 0.5) is 14.9 Å². The number of hydrogen-bond donors (Lipinski definition) is 2. The highest BCUT2D eigenvalue weighted by molar-refractivity contribution is 5.81. The number of nitrogens with zero attached hydrogens (tertiary/aromatic N) is 1. The molecule has 25 heavy (non-hydrogen) atoms. The number of carboxylic acid groups (broad SMARTS) is 1. The Labute approximate surface area is 141 Å². The van der Waals surface area contributed by atoms with E-state index in [1.54, 1.807) is 0 Å². The molecule has 2 aromatic carbocycles. The Morgan fingerprint density at radius 3 is 2.28 bits per heavy atom. The zero-order valence-corrected chi connectivity index (χ0v) is 12.7. The van der Waals surface area contributed by atoms with Crippen LogP contribution in [0.1, 0.15) is 17.2 Å². The molecule has 0 fully saturated rings. The van der Waals surface area contributed by atoms with Crippen molar-refractivity contribution in [3.8, 4) is 0 Å². The fourth-order valence-electron chi connectivity index (χ4n) is 1.97. The first kappa shape index (κ1) is 17.9. The lowest BCUT2D eigenvalue weighted by Gasteiger charge is -2.15. The van der Waals surface area contributed by atoms with Crippen LogP contribution in [0.5, 0.6) is 0 Å². The van der Waals surface area contributed by atoms with Gasteiger partial charge in [-0.25, -0.2) is 14.0 Å². The van der Waals surface area contributed by atoms with Gasteiger partial charge in [0, 0.05) is 12.1 Å². The van der Waals surface area contributed by atoms with E-state index in [2.05, 4.69) is 5.32 Å². The molecule has 0 aromatic heterocycles. The monoisotopic (exact) mass is 348 g/mol. The summed E-state index contributed by atoms with van der Waals surface area (Å²) in [5.41, 5.74) is 0.575. The maximum absolute atomic E-state index is 12.9. The highest BCUT2D eigenvalue weighted by Crippen LogP contribution is 2.15. The van der Waals surface area contributed by atoms with Gasteiger partial charge in [-0.3, -0.25) is 10.1 Å². The van der Waals surface area contributed by atoms with Gasteiger partial charge in [0.2, 0.25) is 0 Å². The normalized spacial score (nSPS) is 11.4. The maximum atomic E-state index is 12.9. The number of aliphatic carboxylic acids is 1. The molecule has 0 aliphatic carbocycles. The highest BCUT2D eigenvalue weighted by atomic mass is 19.1. The summed E-state index contributed by atoms with van der Waals surface area (Å²) in [6, 6.07) is 8.59. The number of nitrogens with one attached hydrogen (secondary N) is 1. The predicted molar refractivity (Wildman–Crippen MR) is 83.2 cm³/mol. The van der Waals surface area contributed by atoms with Crippen LogP contribution >= 0.6 is 0 Å². The molecule has 130 valence electrons. The van der Waals surface area contributed by atoms with Crippen molar-refractivity contribution in [2.24, 2.45) is 0 Å². The molecule has 2 rings (SSSR count). The van der Waals surface area contributed by atoms with Gasteiger partial charge in [0.15, 0.2) is 6.04 Å². The summed E-state index contributed by atoms with van der Waals surface area (Å²) >= 11 is 0. The molecule has 9 heteroatoms. The van der Waals surface area contributed by atoms with Gasteiger partial charge in [-0.2, -0.15) is 0 Å². The maximum Gasteiger partial charge on any atom is 0.408 e. The van der Waals surface area contributed by atoms with E-state index in [1.807, 2.05) is 0 Å². The predicted octanol–water partition coefficient (Wildman–Crippen LogP) is 2.79. The lowest BCUT2D eigenvalue weighted by Crippen LogP contribution is -2.34. The smallest absolute Gasteiger partial charge is 0.408 e. The average Bonchev–Trinajstić information content (AvgIpc) is 2.59. The number of ether oxygens (including phenoxy) is 1. The van der Waals surface area contributed by atoms with Crippen molar-refractivity contribution in [1.29, 1.82) is 0 Å². The van der Waals surface area contributed by atoms with Crippen LogP contribution in [-0.4, -0.2) is 22.1 Å². The minimum absolute atomic E-state index is 0.101. The van der Waals surface area contributed by atoms with Crippen molar-refractivity contribution >= 4 is 17.7 Å². The first-order chi connectivity index (χ1) is 11.9. The van der Waals surface area contributed by atoms with Gasteiger partial charge >= 0.3 is 12.1 Å². The number of carbonyl (C=O) groups is 2. The minimum atomic E-state index is -1.40. The first-order valence-electron chi connectivity index (χ1n) is 7.01. The summed E-state index contributed by atoms with van der Waals surface area (Å²) in [5, 5.41) is 21.9. The molecule has 0 radical (unpaired) electrons. The van der Waals surface area contributed by atoms with E-state index in [9.17, 15) is 29.2 Å². The van der Waals surface area contributed by atoms with Crippen molar-refractivity contribution < 1.29 is 28.7 Å². The SMILES string of the molecule is O=C(NC(C(=O)O)c1ccc(F)cc1)OCc1ccc([N+](=O)[O-])cc1. The van der Waals surface area contributed by atoms with Crippen molar-refractivity contribution in [3.05, 3.63) is 75.6 Å². The molecule has 0 heterocycles. The zero-order chi connectivity index (χ0) is 18.4. The van der Waals surface area contributed by atoms with Crippen LogP contribution in [0, 0.1) is 15.9 Å². The summed E-state index contributed by atoms with van der Waals surface area (Å²) in [4.78, 5) is 33.0. The second kappa shape index (κ2) is 7.86. The van der Waals surface area contributed by atoms with Gasteiger partial charge in [0.05, 0.1) is 4.92 Å². The molecule has 2 aromatic rings. The minimum Gasteiger partial charge on any atom is -0.479 e. The number of benzene rings is 2. The van der Waals surface area contributed by atoms with Crippen LogP contribution in [-0.2, 0) is 16.1 Å². The van der Waals surface area contributed by atoms with Crippen molar-refractivity contribution in [2.45, 2.75) is 12.6 Å². The Hall–Kier alpha value is -3.49. The largest absolute Gasteiger partial charge is 0.479 e. The van der Waals surface area contributed by atoms with Crippen LogP contribution in [0.25, 0.3) is 0 Å². The Morgan fingerprint density at radius 1 is 1.16 bits per heavy atom. The van der Waals surface area contributed by atoms with Crippen molar-refractivity contribution in [3.63, 3.8) is 0 Å². The number of rotatable bonds is 6. The van der Waals surface area contributed by atoms with E-state index in [0.29, 0.717) is 5.56 Å². The standard InChI is InChI=1S/C16H13FN2O6/c17-12-5-3-11(4-6-12)14(15(20)21)18-16(22)25-9-10-1-7-13(8-2-10)19(23)24/h1-8,14H,9H2,(H,18,22)(H,20,21). The first-order valence-corrected chi connectivity index (χ1v) is 7.01. The fraction of sp³-hybridized carbons (Fsp3) is 0.125. The van der Waals surface area contributed by atoms with E-state index in [4.69, 9.17) is 4.74 Å². The van der Waals surface area contributed by atoms with Gasteiger partial charge in [-0.1, -0.05) is 12.1 Å². The summed E-state index contributed by atoms with van der Waals surface area (Å²) in [7, 11) is 0. The molecule has 1 amide bonds. The molecule has 0 spiro atoms. The zero-order valence-electron chi connectivity index (χ0n) is 12.7. The molecule has 0 saturated carbocycles. The molecule has 0 aliphatic rings. The van der Waals surface area contributed by atoms with Gasteiger partial charge in [0.1, 0.15) is 12.4 Å². The Morgan fingerprint density at radius 2 is 1.76 bits per heavy atom. The quantitative estimate of drug-likeness (QED) is 0.612. The Bertz CT molecular complexity index is 776. The van der Waals surface area contributed by atoms with E-state index < -0.39 is 28.8 Å². The Kier molecular flexibility index (Phi) is 5.62. The van der Waals surface area contributed by atoms with Gasteiger partial charge < -0.3 is 15.2 Å². The molecule has 2 N–H and O–H groups in total. The van der Waals surface area contributed by atoms with E-state index in [-0.39, 0.29) is 17.9 Å². The number of carboxylic acids is 1. The van der Waals surface area contributed by atoms with Crippen LogP contribution in [0.3, 0.4) is 0 Å². The molecule has 0 bridgehead atoms. The number of nitro benzene ring substituents is 1. The topological polar surface area (TPSA) is 119 Å². The molecule has 0 saturated heterocycles. The lowest BCUT2D eigenvalue weighted by molar-refractivity contribution is -0.384. The number of alkyl carbamates (subject to hydrolysis) is 1. The number of halogens is 1. The van der Waals surface area contributed by atoms with Crippen LogP contribution < -0.4 is 5.32 Å². The van der Waals surface area contributed by atoms with Gasteiger partial charge in [0.25, 0.3) is 5.69 Å². The van der Waals surface area contributed by atoms with Crippen LogP contribution in [0.2, 0.25) is 0 Å². The number of amides is 1. The fourth-order valence-corrected chi connectivity index (χ4v) is 1.97. The molecular formula is C16H13FN2O6. The average molecular weight is 348 g/mol. The number of non-ortho nitro benzene ring substituents is 1. The third kappa shape index (κ3) is 4.99. The number of nitro groups is 1. The van der Waals surface area contributed by atoms with Gasteiger partial charge in [-0.05, 0) is 35.4 Å². The van der Waals surface area contributed by atoms with Crippen molar-refractivity contribution in [1.82, 2.24) is 5.32 Å². The van der Waals surface area contributed by atoms with Gasteiger partial charge in [-0.15, -0.1) is 0 Å². The molecule has 1 unspecified atom stereocenters. The highest BCUT2D eigenvalue weighted by Gasteiger charge is 2.22. The number of hydrogen-bond acceptors (Lipinski definition) is 5. The molecule has 0 aliphatic heterocycles. The lowest BCUT2D eigenvalue weighted by atomic mass is 10.1. The summed E-state index contributed by atoms with van der Waals surface area (Å²) in [6.07, 6.45) is -0.991. The third-order valence-electron chi connectivity index (χ3n) is 3.23. The molecular weight excluding hydrogens is 335 g/mol. The number of carbonyl (C=O) groups excluding carboxylic acids is 1. The third-order valence-corrected chi connectivity index (χ3v) is 3.23. The second-order valence-corrected chi connectivity index (χ2v) is 4.97. The van der Waals surface area contributed by atoms with E-state index >= 15 is 0 Å². The molecule has 8 nitrogen and oxygen atoms in total. The van der Waals surface area contributed by atoms with E-state index in [0.717, 1.165) is 12.1 Å². The second-order valence-electron chi connectivity index (χ2n) is 4.97. The summed E-state index contributed by atoms with van der Waals surface area (Å²) < 4.78 is 17.8. The summed E-state index contributed by atoms with van der Waals surface area (Å²) in [6.45, 7) is -0.195. The Balaban J connectivity index is 1.96. The van der Waals surface area contributed by atoms with E-state index in [1.165, 1.54) is 36.4 Å². The molecule has 1 atom stereocenters. The summed E-state index contributed by atoms with van der Waals surface area (Å²) in [5.74, 6) is -1.87. The van der Waals surface area contributed by atoms with Crippen molar-refractivity contribution in [2.75, 3.05) is 0 Å².